The molecule has 1 unspecified atom stereocenters. The molecule has 0 aromatic heterocycles. The van der Waals surface area contributed by atoms with Gasteiger partial charge in [-0.3, -0.25) is 0 Å². The molecule has 1 aliphatic carbocycles. The molecule has 3 rings (SSSR count). The second-order valence-electron chi connectivity index (χ2n) is 5.29. The van der Waals surface area contributed by atoms with Crippen LogP contribution in [0.3, 0.4) is 0 Å². The molecule has 0 aliphatic heterocycles. The molecule has 1 atom stereocenters. The maximum absolute atomic E-state index is 13.7. The highest BCUT2D eigenvalue weighted by atomic mass is 79.9. The van der Waals surface area contributed by atoms with Crippen LogP contribution in [0, 0.1) is 5.82 Å². The van der Waals surface area contributed by atoms with Crippen LogP contribution in [0.2, 0.25) is 0 Å². The molecular formula is C17H16BrFO2. The quantitative estimate of drug-likeness (QED) is 0.880. The van der Waals surface area contributed by atoms with E-state index in [-0.39, 0.29) is 12.4 Å². The van der Waals surface area contributed by atoms with Crippen LogP contribution in [0.25, 0.3) is 0 Å². The zero-order valence-electron chi connectivity index (χ0n) is 11.5. The van der Waals surface area contributed by atoms with E-state index < -0.39 is 6.10 Å². The maximum atomic E-state index is 13.7. The summed E-state index contributed by atoms with van der Waals surface area (Å²) in [5.41, 5.74) is 2.63. The van der Waals surface area contributed by atoms with Gasteiger partial charge in [0.05, 0.1) is 6.10 Å². The molecular weight excluding hydrogens is 335 g/mol. The number of rotatable bonds is 3. The number of benzene rings is 2. The van der Waals surface area contributed by atoms with Crippen LogP contribution in [-0.4, -0.2) is 5.11 Å². The van der Waals surface area contributed by atoms with E-state index in [4.69, 9.17) is 4.74 Å². The van der Waals surface area contributed by atoms with Crippen LogP contribution < -0.4 is 4.74 Å². The minimum atomic E-state index is -0.415. The van der Waals surface area contributed by atoms with Gasteiger partial charge in [-0.05, 0) is 54.7 Å². The van der Waals surface area contributed by atoms with E-state index in [1.54, 1.807) is 12.1 Å². The van der Waals surface area contributed by atoms with Crippen molar-refractivity contribution in [2.75, 3.05) is 0 Å². The summed E-state index contributed by atoms with van der Waals surface area (Å²) < 4.78 is 20.1. The Bertz CT molecular complexity index is 657. The number of fused-ring (bicyclic) bond motifs is 1. The summed E-state index contributed by atoms with van der Waals surface area (Å²) in [4.78, 5) is 0. The van der Waals surface area contributed by atoms with Crippen LogP contribution in [0.1, 0.15) is 35.6 Å². The topological polar surface area (TPSA) is 29.5 Å². The predicted molar refractivity (Wildman–Crippen MR) is 82.8 cm³/mol. The third-order valence-electron chi connectivity index (χ3n) is 3.81. The lowest BCUT2D eigenvalue weighted by Gasteiger charge is -2.22. The van der Waals surface area contributed by atoms with Gasteiger partial charge in [0.1, 0.15) is 18.2 Å². The summed E-state index contributed by atoms with van der Waals surface area (Å²) in [6.45, 7) is 0.175. The molecule has 1 aliphatic rings. The van der Waals surface area contributed by atoms with Gasteiger partial charge in [-0.1, -0.05) is 28.1 Å². The third kappa shape index (κ3) is 3.27. The second-order valence-corrected chi connectivity index (χ2v) is 6.21. The minimum absolute atomic E-state index is 0.175. The average molecular weight is 351 g/mol. The summed E-state index contributed by atoms with van der Waals surface area (Å²) in [6.07, 6.45) is 2.38. The van der Waals surface area contributed by atoms with Crippen LogP contribution in [0.15, 0.2) is 40.9 Å². The Balaban J connectivity index is 1.75. The Morgan fingerprint density at radius 2 is 2.10 bits per heavy atom. The molecule has 0 saturated heterocycles. The van der Waals surface area contributed by atoms with Gasteiger partial charge in [-0.25, -0.2) is 4.39 Å². The first-order chi connectivity index (χ1) is 10.1. The maximum Gasteiger partial charge on any atom is 0.130 e. The van der Waals surface area contributed by atoms with Crippen molar-refractivity contribution >= 4 is 15.9 Å². The first-order valence-electron chi connectivity index (χ1n) is 7.01. The Labute approximate surface area is 131 Å². The third-order valence-corrected chi connectivity index (χ3v) is 4.30. The Kier molecular flexibility index (Phi) is 4.27. The summed E-state index contributed by atoms with van der Waals surface area (Å²) in [5.74, 6) is 0.374. The average Bonchev–Trinajstić information content (AvgIpc) is 2.47. The molecule has 21 heavy (non-hydrogen) atoms. The van der Waals surface area contributed by atoms with E-state index in [1.807, 2.05) is 18.2 Å². The molecule has 0 amide bonds. The summed E-state index contributed by atoms with van der Waals surface area (Å²) in [7, 11) is 0. The Morgan fingerprint density at radius 3 is 2.90 bits per heavy atom. The molecule has 4 heteroatoms. The van der Waals surface area contributed by atoms with Crippen molar-refractivity contribution in [3.05, 3.63) is 63.4 Å². The van der Waals surface area contributed by atoms with Crippen molar-refractivity contribution < 1.29 is 14.2 Å². The highest BCUT2D eigenvalue weighted by Crippen LogP contribution is 2.32. The monoisotopic (exact) mass is 350 g/mol. The van der Waals surface area contributed by atoms with Crippen molar-refractivity contribution in [2.24, 2.45) is 0 Å². The zero-order chi connectivity index (χ0) is 14.8. The molecule has 0 fully saturated rings. The number of halogens is 2. The molecule has 0 radical (unpaired) electrons. The molecule has 0 bridgehead atoms. The first kappa shape index (κ1) is 14.5. The van der Waals surface area contributed by atoms with Crippen LogP contribution in [-0.2, 0) is 13.0 Å². The number of hydrogen-bond acceptors (Lipinski definition) is 2. The van der Waals surface area contributed by atoms with Crippen molar-refractivity contribution in [3.8, 4) is 5.75 Å². The Morgan fingerprint density at radius 1 is 1.24 bits per heavy atom. The number of aliphatic hydroxyl groups excluding tert-OH is 1. The standard InChI is InChI=1S/C17H16BrFO2/c18-13-6-4-12(16(19)8-13)10-21-14-7-5-11-2-1-3-17(20)15(11)9-14/h4-9,17,20H,1-3,10H2. The van der Waals surface area contributed by atoms with Gasteiger partial charge in [0.15, 0.2) is 0 Å². The van der Waals surface area contributed by atoms with Gasteiger partial charge in [-0.2, -0.15) is 0 Å². The smallest absolute Gasteiger partial charge is 0.130 e. The predicted octanol–water partition coefficient (Wildman–Crippen LogP) is 4.54. The Hall–Kier alpha value is -1.39. The fourth-order valence-corrected chi connectivity index (χ4v) is 2.98. The first-order valence-corrected chi connectivity index (χ1v) is 7.80. The van der Waals surface area contributed by atoms with Gasteiger partial charge in [0, 0.05) is 10.0 Å². The lowest BCUT2D eigenvalue weighted by atomic mass is 9.89. The normalized spacial score (nSPS) is 17.4. The van der Waals surface area contributed by atoms with Crippen molar-refractivity contribution in [1.29, 1.82) is 0 Å². The second kappa shape index (κ2) is 6.16. The lowest BCUT2D eigenvalue weighted by molar-refractivity contribution is 0.156. The van der Waals surface area contributed by atoms with Gasteiger partial charge in [0.2, 0.25) is 0 Å². The molecule has 0 spiro atoms. The molecule has 0 saturated carbocycles. The van der Waals surface area contributed by atoms with Gasteiger partial charge in [0.25, 0.3) is 0 Å². The lowest BCUT2D eigenvalue weighted by Crippen LogP contribution is -2.09. The molecule has 2 aromatic carbocycles. The van der Waals surface area contributed by atoms with Gasteiger partial charge < -0.3 is 9.84 Å². The number of aryl methyl sites for hydroxylation is 1. The fraction of sp³-hybridized carbons (Fsp3) is 0.294. The van der Waals surface area contributed by atoms with Crippen LogP contribution in [0.5, 0.6) is 5.75 Å². The molecule has 2 nitrogen and oxygen atoms in total. The van der Waals surface area contributed by atoms with Crippen molar-refractivity contribution in [2.45, 2.75) is 32.0 Å². The van der Waals surface area contributed by atoms with E-state index in [0.29, 0.717) is 15.8 Å². The van der Waals surface area contributed by atoms with Crippen molar-refractivity contribution in [3.63, 3.8) is 0 Å². The molecule has 1 N–H and O–H groups in total. The van der Waals surface area contributed by atoms with Gasteiger partial charge >= 0.3 is 0 Å². The van der Waals surface area contributed by atoms with E-state index in [9.17, 15) is 9.50 Å². The molecule has 110 valence electrons. The SMILES string of the molecule is OC1CCCc2ccc(OCc3ccc(Br)cc3F)cc21. The summed E-state index contributed by atoms with van der Waals surface area (Å²) in [6, 6.07) is 10.7. The number of ether oxygens (including phenoxy) is 1. The van der Waals surface area contributed by atoms with Crippen molar-refractivity contribution in [1.82, 2.24) is 0 Å². The molecule has 2 aromatic rings. The van der Waals surface area contributed by atoms with Gasteiger partial charge in [-0.15, -0.1) is 0 Å². The van der Waals surface area contributed by atoms with E-state index in [1.165, 1.54) is 11.6 Å². The van der Waals surface area contributed by atoms with E-state index in [2.05, 4.69) is 15.9 Å². The largest absolute Gasteiger partial charge is 0.489 e. The minimum Gasteiger partial charge on any atom is -0.489 e. The summed E-state index contributed by atoms with van der Waals surface area (Å²) >= 11 is 3.23. The van der Waals surface area contributed by atoms with E-state index >= 15 is 0 Å². The number of aliphatic hydroxyl groups is 1. The zero-order valence-corrected chi connectivity index (χ0v) is 13.1. The van der Waals surface area contributed by atoms with Crippen LogP contribution >= 0.6 is 15.9 Å². The van der Waals surface area contributed by atoms with E-state index in [0.717, 1.165) is 24.8 Å². The highest BCUT2D eigenvalue weighted by molar-refractivity contribution is 9.10. The highest BCUT2D eigenvalue weighted by Gasteiger charge is 2.18. The summed E-state index contributed by atoms with van der Waals surface area (Å²) in [5, 5.41) is 10.0. The fourth-order valence-electron chi connectivity index (χ4n) is 2.64. The molecule has 0 heterocycles. The number of hydrogen-bond donors (Lipinski definition) is 1. The van der Waals surface area contributed by atoms with Crippen LogP contribution in [0.4, 0.5) is 4.39 Å².